The lowest BCUT2D eigenvalue weighted by Gasteiger charge is -2.25. The highest BCUT2D eigenvalue weighted by Gasteiger charge is 2.42. The van der Waals surface area contributed by atoms with Gasteiger partial charge >= 0.3 is 6.09 Å². The minimum Gasteiger partial charge on any atom is -0.483 e. The van der Waals surface area contributed by atoms with Crippen molar-refractivity contribution >= 4 is 35.1 Å². The van der Waals surface area contributed by atoms with E-state index in [2.05, 4.69) is 10.3 Å². The summed E-state index contributed by atoms with van der Waals surface area (Å²) in [6.45, 7) is 3.49. The number of amides is 2. The number of nitrogen functional groups attached to an aromatic ring is 1. The van der Waals surface area contributed by atoms with Crippen LogP contribution in [0.15, 0.2) is 48.7 Å². The lowest BCUT2D eigenvalue weighted by atomic mass is 9.94. The molecule has 1 atom stereocenters. The summed E-state index contributed by atoms with van der Waals surface area (Å²) in [6.07, 6.45) is 3.63. The molecule has 5 rings (SSSR count). The molecule has 2 amide bonds. The molecule has 1 aromatic heterocycles. The number of nitrogens with one attached hydrogen (secondary N) is 1. The first-order chi connectivity index (χ1) is 16.9. The molecule has 0 radical (unpaired) electrons. The van der Waals surface area contributed by atoms with Crippen LogP contribution in [0.25, 0.3) is 21.9 Å². The quantitative estimate of drug-likeness (QED) is 0.481. The molecule has 2 fully saturated rings. The Bertz CT molecular complexity index is 1280. The van der Waals surface area contributed by atoms with Crippen LogP contribution in [0.1, 0.15) is 35.2 Å². The van der Waals surface area contributed by atoms with Crippen LogP contribution in [0, 0.1) is 6.92 Å². The maximum absolute atomic E-state index is 13.6. The molecule has 9 nitrogen and oxygen atoms in total. The van der Waals surface area contributed by atoms with Gasteiger partial charge in [0.05, 0.1) is 6.54 Å². The lowest BCUT2D eigenvalue weighted by Crippen LogP contribution is -2.36. The molecule has 9 heteroatoms. The van der Waals surface area contributed by atoms with Gasteiger partial charge in [-0.15, -0.1) is 0 Å². The molecule has 35 heavy (non-hydrogen) atoms. The predicted molar refractivity (Wildman–Crippen MR) is 132 cm³/mol. The third-order valence-electron chi connectivity index (χ3n) is 6.62. The van der Waals surface area contributed by atoms with E-state index in [1.54, 1.807) is 6.20 Å². The highest BCUT2D eigenvalue weighted by Crippen LogP contribution is 2.34. The summed E-state index contributed by atoms with van der Waals surface area (Å²) >= 11 is 0. The molecule has 1 spiro atoms. The fraction of sp³-hybridized carbons (Fsp3) is 0.308. The van der Waals surface area contributed by atoms with E-state index < -0.39 is 5.60 Å². The van der Waals surface area contributed by atoms with Crippen molar-refractivity contribution in [2.75, 3.05) is 25.4 Å². The van der Waals surface area contributed by atoms with Crippen LogP contribution in [-0.2, 0) is 9.53 Å². The number of likely N-dealkylation sites (tertiary alicyclic amines) is 1. The van der Waals surface area contributed by atoms with Gasteiger partial charge in [-0.2, -0.15) is 0 Å². The van der Waals surface area contributed by atoms with E-state index in [4.69, 9.17) is 20.4 Å². The number of carbonyl (C=O) groups is 3. The number of rotatable bonds is 2. The van der Waals surface area contributed by atoms with Gasteiger partial charge in [-0.05, 0) is 53.8 Å². The van der Waals surface area contributed by atoms with Crippen LogP contribution in [0.4, 0.5) is 10.6 Å². The topological polar surface area (TPSA) is 135 Å². The maximum atomic E-state index is 13.6. The number of pyridine rings is 1. The molecular weight excluding hydrogens is 448 g/mol. The first kappa shape index (κ1) is 24.0. The molecule has 2 aromatic carbocycles. The number of aromatic nitrogens is 1. The van der Waals surface area contributed by atoms with Crippen molar-refractivity contribution in [1.29, 1.82) is 0 Å². The van der Waals surface area contributed by atoms with E-state index in [1.165, 1.54) is 0 Å². The van der Waals surface area contributed by atoms with Crippen LogP contribution >= 0.6 is 0 Å². The molecule has 2 aliphatic rings. The van der Waals surface area contributed by atoms with Crippen molar-refractivity contribution in [2.45, 2.75) is 31.8 Å². The second-order valence-electron chi connectivity index (χ2n) is 8.81. The van der Waals surface area contributed by atoms with Gasteiger partial charge in [-0.1, -0.05) is 30.3 Å². The van der Waals surface area contributed by atoms with E-state index in [-0.39, 0.29) is 18.5 Å². The summed E-state index contributed by atoms with van der Waals surface area (Å²) in [5.41, 5.74) is 9.10. The zero-order valence-corrected chi connectivity index (χ0v) is 19.5. The van der Waals surface area contributed by atoms with Gasteiger partial charge < -0.3 is 25.8 Å². The van der Waals surface area contributed by atoms with Crippen LogP contribution in [0.3, 0.4) is 0 Å². The zero-order chi connectivity index (χ0) is 25.0. The second-order valence-corrected chi connectivity index (χ2v) is 8.81. The van der Waals surface area contributed by atoms with Crippen molar-refractivity contribution < 1.29 is 24.2 Å². The predicted octanol–water partition coefficient (Wildman–Crippen LogP) is 3.60. The number of nitrogens with two attached hydrogens (primary N) is 1. The monoisotopic (exact) mass is 476 g/mol. The van der Waals surface area contributed by atoms with Crippen molar-refractivity contribution in [3.8, 4) is 11.1 Å². The first-order valence-electron chi connectivity index (χ1n) is 11.5. The third-order valence-corrected chi connectivity index (χ3v) is 6.62. The number of fused-ring (bicyclic) bond motifs is 1. The highest BCUT2D eigenvalue weighted by molar-refractivity contribution is 6.10. The molecule has 2 saturated heterocycles. The molecule has 3 heterocycles. The van der Waals surface area contributed by atoms with E-state index in [9.17, 15) is 9.59 Å². The Balaban J connectivity index is 0.000000917. The first-order valence-corrected chi connectivity index (χ1v) is 11.5. The van der Waals surface area contributed by atoms with E-state index in [0.29, 0.717) is 37.4 Å². The van der Waals surface area contributed by atoms with Gasteiger partial charge in [-0.3, -0.25) is 9.59 Å². The van der Waals surface area contributed by atoms with Gasteiger partial charge in [0.15, 0.2) is 0 Å². The molecule has 0 saturated carbocycles. The summed E-state index contributed by atoms with van der Waals surface area (Å²) in [5.74, 6) is 0.499. The fourth-order valence-electron chi connectivity index (χ4n) is 4.91. The maximum Gasteiger partial charge on any atom is 0.407 e. The summed E-state index contributed by atoms with van der Waals surface area (Å²) in [4.78, 5) is 39.7. The normalized spacial score (nSPS) is 19.3. The molecule has 0 aliphatic carbocycles. The molecule has 2 aliphatic heterocycles. The lowest BCUT2D eigenvalue weighted by molar-refractivity contribution is -0.122. The standard InChI is InChI=1S/C25H26N4O3.CH2O2/c1-16-13-22(26)27-14-21(16)19-7-2-6-18-17(19)5-3-8-20(18)23(30)29-11-4-9-25(10-12-29)15-28-24(31)32-25;2-1-3/h2-3,5-8,13-14H,4,9-12,15H2,1H3,(H2,26,27)(H,28,31);1H,(H,2,3). The summed E-state index contributed by atoms with van der Waals surface area (Å²) < 4.78 is 5.56. The fourth-order valence-corrected chi connectivity index (χ4v) is 4.91. The number of hydrogen-bond donors (Lipinski definition) is 3. The van der Waals surface area contributed by atoms with Crippen LogP contribution in [-0.4, -0.2) is 58.7 Å². The Labute approximate surface area is 202 Å². The number of carboxylic acid groups (broad SMARTS) is 1. The van der Waals surface area contributed by atoms with Gasteiger partial charge in [0.25, 0.3) is 12.4 Å². The number of alkyl carbamates (subject to hydrolysis) is 1. The molecule has 4 N–H and O–H groups in total. The number of nitrogens with zero attached hydrogens (tertiary/aromatic N) is 2. The highest BCUT2D eigenvalue weighted by atomic mass is 16.6. The van der Waals surface area contributed by atoms with Crippen molar-refractivity contribution in [1.82, 2.24) is 15.2 Å². The van der Waals surface area contributed by atoms with Crippen molar-refractivity contribution in [3.63, 3.8) is 0 Å². The van der Waals surface area contributed by atoms with Crippen LogP contribution in [0.2, 0.25) is 0 Å². The average molecular weight is 477 g/mol. The number of carbonyl (C=O) groups excluding carboxylic acids is 2. The number of ether oxygens (including phenoxy) is 1. The van der Waals surface area contributed by atoms with Crippen molar-refractivity contribution in [3.05, 3.63) is 59.8 Å². The Kier molecular flexibility index (Phi) is 6.86. The van der Waals surface area contributed by atoms with E-state index >= 15 is 0 Å². The minimum absolute atomic E-state index is 0.00855. The smallest absolute Gasteiger partial charge is 0.407 e. The van der Waals surface area contributed by atoms with Crippen LogP contribution < -0.4 is 11.1 Å². The number of hydrogen-bond acceptors (Lipinski definition) is 6. The second kappa shape index (κ2) is 10.0. The van der Waals surface area contributed by atoms with Gasteiger partial charge in [0, 0.05) is 36.8 Å². The SMILES string of the molecule is Cc1cc(N)ncc1-c1cccc2c(C(=O)N3CCCC4(CC3)CNC(=O)O4)cccc12.O=CO. The number of benzene rings is 2. The number of anilines is 1. The molecule has 3 aromatic rings. The minimum atomic E-state index is -0.488. The Hall–Kier alpha value is -4.14. The summed E-state index contributed by atoms with van der Waals surface area (Å²) in [7, 11) is 0. The largest absolute Gasteiger partial charge is 0.483 e. The summed E-state index contributed by atoms with van der Waals surface area (Å²) in [6, 6.07) is 13.7. The molecule has 0 bridgehead atoms. The molecule has 182 valence electrons. The van der Waals surface area contributed by atoms with Crippen molar-refractivity contribution in [2.24, 2.45) is 0 Å². The molecule has 1 unspecified atom stereocenters. The van der Waals surface area contributed by atoms with E-state index in [1.807, 2.05) is 54.3 Å². The van der Waals surface area contributed by atoms with Gasteiger partial charge in [-0.25, -0.2) is 9.78 Å². The van der Waals surface area contributed by atoms with Gasteiger partial charge in [0.1, 0.15) is 11.4 Å². The number of aryl methyl sites for hydroxylation is 1. The average Bonchev–Trinajstić information content (AvgIpc) is 3.08. The Morgan fingerprint density at radius 1 is 1.17 bits per heavy atom. The zero-order valence-electron chi connectivity index (χ0n) is 19.5. The van der Waals surface area contributed by atoms with Gasteiger partial charge in [0.2, 0.25) is 0 Å². The Morgan fingerprint density at radius 3 is 2.63 bits per heavy atom. The van der Waals surface area contributed by atoms with E-state index in [0.717, 1.165) is 40.3 Å². The summed E-state index contributed by atoms with van der Waals surface area (Å²) in [5, 5.41) is 11.6. The third kappa shape index (κ3) is 4.89. The Morgan fingerprint density at radius 2 is 1.91 bits per heavy atom. The molecular formula is C26H28N4O5. The van der Waals surface area contributed by atoms with Crippen LogP contribution in [0.5, 0.6) is 0 Å².